The van der Waals surface area contributed by atoms with Crippen LogP contribution in [0.15, 0.2) is 24.3 Å². The average molecular weight is 426 g/mol. The van der Waals surface area contributed by atoms with E-state index in [1.165, 1.54) is 0 Å². The van der Waals surface area contributed by atoms with Crippen molar-refractivity contribution in [3.63, 3.8) is 0 Å². The Morgan fingerprint density at radius 3 is 2.17 bits per heavy atom. The molecule has 0 aliphatic heterocycles. The molecule has 0 fully saturated rings. The zero-order valence-electron chi connectivity index (χ0n) is 18.7. The summed E-state index contributed by atoms with van der Waals surface area (Å²) in [7, 11) is 0. The maximum absolute atomic E-state index is 12.2. The first-order chi connectivity index (χ1) is 14.2. The molecule has 1 aromatic rings. The molecule has 0 radical (unpaired) electrons. The number of nitrogens with one attached hydrogen (secondary N) is 1. The minimum Gasteiger partial charge on any atom is -0.491 e. The number of amides is 1. The Morgan fingerprint density at radius 2 is 1.57 bits per heavy atom. The largest absolute Gasteiger partial charge is 0.491 e. The molecule has 0 unspecified atom stereocenters. The van der Waals surface area contributed by atoms with Gasteiger partial charge in [-0.15, -0.1) is 0 Å². The van der Waals surface area contributed by atoms with Crippen molar-refractivity contribution in [2.24, 2.45) is 0 Å². The van der Waals surface area contributed by atoms with Crippen LogP contribution in [0.2, 0.25) is 0 Å². The van der Waals surface area contributed by atoms with Gasteiger partial charge in [0.25, 0.3) is 0 Å². The minimum atomic E-state index is -0.842. The molecule has 0 saturated heterocycles. The highest BCUT2D eigenvalue weighted by Crippen LogP contribution is 2.14. The number of carbonyl (C=O) groups excluding carboxylic acids is 2. The predicted molar refractivity (Wildman–Crippen MR) is 113 cm³/mol. The summed E-state index contributed by atoms with van der Waals surface area (Å²) >= 11 is 0. The van der Waals surface area contributed by atoms with Crippen molar-refractivity contribution in [2.45, 2.75) is 52.7 Å². The third kappa shape index (κ3) is 11.6. The maximum Gasteiger partial charge on any atom is 0.408 e. The second kappa shape index (κ2) is 13.8. The molecule has 1 aromatic carbocycles. The van der Waals surface area contributed by atoms with Gasteiger partial charge in [0.1, 0.15) is 24.0 Å². The van der Waals surface area contributed by atoms with Gasteiger partial charge in [0.05, 0.1) is 26.4 Å². The zero-order valence-corrected chi connectivity index (χ0v) is 18.7. The molecule has 0 aromatic heterocycles. The molecule has 0 bridgehead atoms. The highest BCUT2D eigenvalue weighted by atomic mass is 16.6. The second-order valence-corrected chi connectivity index (χ2v) is 7.46. The lowest BCUT2D eigenvalue weighted by molar-refractivity contribution is -0.145. The smallest absolute Gasteiger partial charge is 0.408 e. The molecule has 1 atom stereocenters. The molecule has 1 amide bonds. The van der Waals surface area contributed by atoms with E-state index in [2.05, 4.69) is 5.32 Å². The first-order valence-corrected chi connectivity index (χ1v) is 10.3. The molecule has 0 spiro atoms. The van der Waals surface area contributed by atoms with Crippen LogP contribution in [-0.4, -0.2) is 63.3 Å². The lowest BCUT2D eigenvalue weighted by atomic mass is 10.1. The standard InChI is InChI=1S/C22H35NO7/c1-6-26-12-13-27-14-15-29-18-10-8-17(9-11-18)16-19(20(24)28-7-2)23-21(25)30-22(3,4)5/h8-11,19H,6-7,12-16H2,1-5H3,(H,23,25)/t19-/m0/s1. The van der Waals surface area contributed by atoms with Crippen LogP contribution in [0.25, 0.3) is 0 Å². The lowest BCUT2D eigenvalue weighted by Gasteiger charge is -2.23. The predicted octanol–water partition coefficient (Wildman–Crippen LogP) is 3.12. The summed E-state index contributed by atoms with van der Waals surface area (Å²) in [6.45, 7) is 11.8. The Hall–Kier alpha value is -2.32. The Kier molecular flexibility index (Phi) is 11.8. The fraction of sp³-hybridized carbons (Fsp3) is 0.636. The molecule has 0 aliphatic rings. The second-order valence-electron chi connectivity index (χ2n) is 7.46. The number of hydrogen-bond donors (Lipinski definition) is 1. The van der Waals surface area contributed by atoms with Crippen molar-refractivity contribution in [3.8, 4) is 5.75 Å². The fourth-order valence-corrected chi connectivity index (χ4v) is 2.43. The van der Waals surface area contributed by atoms with Crippen LogP contribution < -0.4 is 10.1 Å². The number of hydrogen-bond acceptors (Lipinski definition) is 7. The summed E-state index contributed by atoms with van der Waals surface area (Å²) < 4.78 is 26.5. The van der Waals surface area contributed by atoms with Crippen LogP contribution in [0.4, 0.5) is 4.79 Å². The van der Waals surface area contributed by atoms with Gasteiger partial charge in [-0.3, -0.25) is 0 Å². The number of alkyl carbamates (subject to hydrolysis) is 1. The number of carbonyl (C=O) groups is 2. The van der Waals surface area contributed by atoms with Gasteiger partial charge in [0, 0.05) is 13.0 Å². The number of esters is 1. The Labute approximate surface area is 179 Å². The van der Waals surface area contributed by atoms with Crippen LogP contribution in [0.1, 0.15) is 40.2 Å². The van der Waals surface area contributed by atoms with Gasteiger partial charge in [-0.05, 0) is 52.3 Å². The van der Waals surface area contributed by atoms with Crippen LogP contribution >= 0.6 is 0 Å². The molecular formula is C22H35NO7. The van der Waals surface area contributed by atoms with E-state index in [1.54, 1.807) is 27.7 Å². The van der Waals surface area contributed by atoms with Crippen molar-refractivity contribution in [3.05, 3.63) is 29.8 Å². The van der Waals surface area contributed by atoms with Gasteiger partial charge < -0.3 is 29.0 Å². The number of benzene rings is 1. The number of ether oxygens (including phenoxy) is 5. The lowest BCUT2D eigenvalue weighted by Crippen LogP contribution is -2.45. The van der Waals surface area contributed by atoms with E-state index >= 15 is 0 Å². The Morgan fingerprint density at radius 1 is 0.933 bits per heavy atom. The van der Waals surface area contributed by atoms with Crippen LogP contribution in [0.5, 0.6) is 5.75 Å². The van der Waals surface area contributed by atoms with E-state index in [9.17, 15) is 9.59 Å². The van der Waals surface area contributed by atoms with Crippen molar-refractivity contribution >= 4 is 12.1 Å². The number of rotatable bonds is 13. The molecule has 170 valence electrons. The Balaban J connectivity index is 2.54. The van der Waals surface area contributed by atoms with Gasteiger partial charge in [0.15, 0.2) is 0 Å². The molecule has 0 aliphatic carbocycles. The van der Waals surface area contributed by atoms with Crippen LogP contribution in [0, 0.1) is 0 Å². The summed E-state index contributed by atoms with van der Waals surface area (Å²) in [5, 5.41) is 2.59. The van der Waals surface area contributed by atoms with Gasteiger partial charge in [-0.25, -0.2) is 9.59 Å². The van der Waals surface area contributed by atoms with Gasteiger partial charge in [0.2, 0.25) is 0 Å². The van der Waals surface area contributed by atoms with Crippen molar-refractivity contribution in [2.75, 3.05) is 39.6 Å². The summed E-state index contributed by atoms with van der Waals surface area (Å²) in [6, 6.07) is 6.46. The topological polar surface area (TPSA) is 92.3 Å². The van der Waals surface area contributed by atoms with E-state index in [4.69, 9.17) is 23.7 Å². The summed E-state index contributed by atoms with van der Waals surface area (Å²) in [5.41, 5.74) is 0.194. The quantitative estimate of drug-likeness (QED) is 0.383. The van der Waals surface area contributed by atoms with E-state index in [0.717, 1.165) is 5.56 Å². The fourth-order valence-electron chi connectivity index (χ4n) is 2.43. The highest BCUT2D eigenvalue weighted by Gasteiger charge is 2.25. The van der Waals surface area contributed by atoms with E-state index < -0.39 is 23.7 Å². The van der Waals surface area contributed by atoms with Crippen molar-refractivity contribution < 1.29 is 33.3 Å². The summed E-state index contributed by atoms with van der Waals surface area (Å²) in [4.78, 5) is 24.3. The normalized spacial score (nSPS) is 12.2. The van der Waals surface area contributed by atoms with Crippen LogP contribution in [0.3, 0.4) is 0 Å². The first kappa shape index (κ1) is 25.7. The maximum atomic E-state index is 12.2. The Bertz CT molecular complexity index is 625. The molecular weight excluding hydrogens is 390 g/mol. The average Bonchev–Trinajstić information content (AvgIpc) is 2.66. The van der Waals surface area contributed by atoms with Gasteiger partial charge in [-0.1, -0.05) is 12.1 Å². The summed E-state index contributed by atoms with van der Waals surface area (Å²) in [6.07, 6.45) is -0.385. The highest BCUT2D eigenvalue weighted by molar-refractivity contribution is 5.81. The minimum absolute atomic E-state index is 0.227. The SMILES string of the molecule is CCOCCOCCOc1ccc(C[C@H](NC(=O)OC(C)(C)C)C(=O)OCC)cc1. The van der Waals surface area contributed by atoms with Gasteiger partial charge in [-0.2, -0.15) is 0 Å². The molecule has 8 heteroatoms. The summed E-state index contributed by atoms with van der Waals surface area (Å²) in [5.74, 6) is 0.188. The molecule has 1 N–H and O–H groups in total. The van der Waals surface area contributed by atoms with Crippen LogP contribution in [-0.2, 0) is 30.2 Å². The van der Waals surface area contributed by atoms with Crippen molar-refractivity contribution in [1.82, 2.24) is 5.32 Å². The van der Waals surface area contributed by atoms with Gasteiger partial charge >= 0.3 is 12.1 Å². The van der Waals surface area contributed by atoms with E-state index in [1.807, 2.05) is 31.2 Å². The molecule has 30 heavy (non-hydrogen) atoms. The molecule has 1 rings (SSSR count). The molecule has 0 heterocycles. The third-order valence-electron chi connectivity index (χ3n) is 3.70. The first-order valence-electron chi connectivity index (χ1n) is 10.3. The zero-order chi connectivity index (χ0) is 22.4. The van der Waals surface area contributed by atoms with E-state index in [-0.39, 0.29) is 13.0 Å². The molecule has 8 nitrogen and oxygen atoms in total. The van der Waals surface area contributed by atoms with Crippen molar-refractivity contribution in [1.29, 1.82) is 0 Å². The monoisotopic (exact) mass is 425 g/mol. The third-order valence-corrected chi connectivity index (χ3v) is 3.70. The van der Waals surface area contributed by atoms with E-state index in [0.29, 0.717) is 38.8 Å². The molecule has 0 saturated carbocycles.